The van der Waals surface area contributed by atoms with Gasteiger partial charge >= 0.3 is 5.97 Å². The van der Waals surface area contributed by atoms with E-state index >= 15 is 0 Å². The van der Waals surface area contributed by atoms with Crippen LogP contribution in [0.1, 0.15) is 65.7 Å². The largest absolute Gasteiger partial charge is 0.481 e. The molecule has 1 fully saturated rings. The molecule has 1 amide bonds. The summed E-state index contributed by atoms with van der Waals surface area (Å²) in [4.78, 5) is 25.8. The second-order valence-corrected chi connectivity index (χ2v) is 6.81. The van der Waals surface area contributed by atoms with E-state index in [1.165, 1.54) is 0 Å². The number of rotatable bonds is 6. The van der Waals surface area contributed by atoms with Crippen molar-refractivity contribution in [2.75, 3.05) is 7.05 Å². The number of hydrogen-bond donors (Lipinski definition) is 1. The van der Waals surface area contributed by atoms with E-state index in [1.807, 2.05) is 6.92 Å². The fourth-order valence-electron chi connectivity index (χ4n) is 3.20. The van der Waals surface area contributed by atoms with Crippen LogP contribution in [0.5, 0.6) is 0 Å². The summed E-state index contributed by atoms with van der Waals surface area (Å²) >= 11 is 0. The standard InChI is InChI=1S/C16H29NO3/c1-12(2)10-13(3)17(4)14(18)11-16(15(19)20)8-6-5-7-9-16/h12-13H,5-11H2,1-4H3,(H,19,20). The molecule has 0 aromatic rings. The van der Waals surface area contributed by atoms with Gasteiger partial charge in [-0.2, -0.15) is 0 Å². The molecule has 1 saturated carbocycles. The predicted octanol–water partition coefficient (Wildman–Crippen LogP) is 3.30. The number of carboxylic acid groups (broad SMARTS) is 1. The van der Waals surface area contributed by atoms with Gasteiger partial charge in [-0.25, -0.2) is 0 Å². The summed E-state index contributed by atoms with van der Waals surface area (Å²) in [6.07, 6.45) is 5.31. The summed E-state index contributed by atoms with van der Waals surface area (Å²) in [5.41, 5.74) is -0.818. The minimum atomic E-state index is -0.818. The SMILES string of the molecule is CC(C)CC(C)N(C)C(=O)CC1(C(=O)O)CCCCC1. The highest BCUT2D eigenvalue weighted by molar-refractivity contribution is 5.85. The minimum Gasteiger partial charge on any atom is -0.481 e. The lowest BCUT2D eigenvalue weighted by Gasteiger charge is -2.35. The van der Waals surface area contributed by atoms with E-state index in [0.717, 1.165) is 25.7 Å². The average molecular weight is 283 g/mol. The van der Waals surface area contributed by atoms with E-state index in [4.69, 9.17) is 0 Å². The number of amides is 1. The first-order chi connectivity index (χ1) is 9.28. The van der Waals surface area contributed by atoms with Crippen LogP contribution in [0.25, 0.3) is 0 Å². The average Bonchev–Trinajstić information content (AvgIpc) is 2.37. The van der Waals surface area contributed by atoms with Crippen LogP contribution in [0.3, 0.4) is 0 Å². The highest BCUT2D eigenvalue weighted by atomic mass is 16.4. The van der Waals surface area contributed by atoms with Crippen LogP contribution >= 0.6 is 0 Å². The second kappa shape index (κ2) is 7.09. The van der Waals surface area contributed by atoms with Crippen molar-refractivity contribution in [1.82, 2.24) is 4.90 Å². The molecule has 1 aliphatic carbocycles. The lowest BCUT2D eigenvalue weighted by atomic mass is 9.71. The van der Waals surface area contributed by atoms with Crippen LogP contribution in [-0.4, -0.2) is 35.0 Å². The predicted molar refractivity (Wildman–Crippen MR) is 79.5 cm³/mol. The molecule has 0 saturated heterocycles. The van der Waals surface area contributed by atoms with Crippen molar-refractivity contribution in [3.63, 3.8) is 0 Å². The zero-order valence-corrected chi connectivity index (χ0v) is 13.3. The van der Waals surface area contributed by atoms with Gasteiger partial charge in [0.1, 0.15) is 0 Å². The molecule has 1 atom stereocenters. The Bertz CT molecular complexity index is 346. The van der Waals surface area contributed by atoms with Gasteiger partial charge in [0.05, 0.1) is 5.41 Å². The Morgan fingerprint density at radius 2 is 1.70 bits per heavy atom. The van der Waals surface area contributed by atoms with Gasteiger partial charge in [0.25, 0.3) is 0 Å². The van der Waals surface area contributed by atoms with Gasteiger partial charge in [-0.15, -0.1) is 0 Å². The molecular weight excluding hydrogens is 254 g/mol. The van der Waals surface area contributed by atoms with Crippen LogP contribution < -0.4 is 0 Å². The van der Waals surface area contributed by atoms with E-state index in [9.17, 15) is 14.7 Å². The lowest BCUT2D eigenvalue weighted by Crippen LogP contribution is -2.42. The molecule has 116 valence electrons. The molecule has 0 aliphatic heterocycles. The molecule has 0 spiro atoms. The number of carbonyl (C=O) groups excluding carboxylic acids is 1. The number of nitrogens with zero attached hydrogens (tertiary/aromatic N) is 1. The third-order valence-electron chi connectivity index (χ3n) is 4.62. The molecule has 0 aromatic carbocycles. The molecule has 1 rings (SSSR count). The van der Waals surface area contributed by atoms with Crippen LogP contribution in [0.15, 0.2) is 0 Å². The molecule has 0 bridgehead atoms. The molecule has 1 aliphatic rings. The first-order valence-corrected chi connectivity index (χ1v) is 7.77. The van der Waals surface area contributed by atoms with Gasteiger partial charge in [-0.05, 0) is 32.1 Å². The molecule has 0 radical (unpaired) electrons. The van der Waals surface area contributed by atoms with Crippen molar-refractivity contribution < 1.29 is 14.7 Å². The van der Waals surface area contributed by atoms with Gasteiger partial charge in [0.2, 0.25) is 5.91 Å². The van der Waals surface area contributed by atoms with Crippen molar-refractivity contribution in [1.29, 1.82) is 0 Å². The van der Waals surface area contributed by atoms with E-state index in [2.05, 4.69) is 13.8 Å². The summed E-state index contributed by atoms with van der Waals surface area (Å²) in [6, 6.07) is 0.164. The lowest BCUT2D eigenvalue weighted by molar-refractivity contribution is -0.156. The normalized spacial score (nSPS) is 19.6. The van der Waals surface area contributed by atoms with Crippen molar-refractivity contribution in [3.8, 4) is 0 Å². The fraction of sp³-hybridized carbons (Fsp3) is 0.875. The van der Waals surface area contributed by atoms with Crippen LogP contribution in [0, 0.1) is 11.3 Å². The van der Waals surface area contributed by atoms with Gasteiger partial charge in [0.15, 0.2) is 0 Å². The Kier molecular flexibility index (Phi) is 6.03. The first kappa shape index (κ1) is 17.0. The summed E-state index contributed by atoms with van der Waals surface area (Å²) in [6.45, 7) is 6.30. The third kappa shape index (κ3) is 4.22. The topological polar surface area (TPSA) is 57.6 Å². The zero-order chi connectivity index (χ0) is 15.3. The highest BCUT2D eigenvalue weighted by Crippen LogP contribution is 2.40. The number of carboxylic acids is 1. The highest BCUT2D eigenvalue weighted by Gasteiger charge is 2.42. The van der Waals surface area contributed by atoms with Crippen molar-refractivity contribution in [3.05, 3.63) is 0 Å². The maximum Gasteiger partial charge on any atom is 0.310 e. The monoisotopic (exact) mass is 283 g/mol. The van der Waals surface area contributed by atoms with Gasteiger partial charge < -0.3 is 10.0 Å². The minimum absolute atomic E-state index is 0.0255. The maximum absolute atomic E-state index is 12.4. The Morgan fingerprint density at radius 1 is 1.15 bits per heavy atom. The van der Waals surface area contributed by atoms with Crippen molar-refractivity contribution >= 4 is 11.9 Å². The van der Waals surface area contributed by atoms with Crippen LogP contribution in [0.4, 0.5) is 0 Å². The van der Waals surface area contributed by atoms with E-state index in [1.54, 1.807) is 11.9 Å². The smallest absolute Gasteiger partial charge is 0.310 e. The number of aliphatic carboxylic acids is 1. The van der Waals surface area contributed by atoms with E-state index in [-0.39, 0.29) is 18.4 Å². The molecule has 0 heterocycles. The fourth-order valence-corrected chi connectivity index (χ4v) is 3.20. The molecule has 20 heavy (non-hydrogen) atoms. The third-order valence-corrected chi connectivity index (χ3v) is 4.62. The van der Waals surface area contributed by atoms with E-state index < -0.39 is 11.4 Å². The molecular formula is C16H29NO3. The summed E-state index contributed by atoms with van der Waals surface area (Å²) < 4.78 is 0. The van der Waals surface area contributed by atoms with Crippen molar-refractivity contribution in [2.24, 2.45) is 11.3 Å². The molecule has 1 N–H and O–H groups in total. The maximum atomic E-state index is 12.4. The molecule has 0 aromatic heterocycles. The number of hydrogen-bond acceptors (Lipinski definition) is 2. The van der Waals surface area contributed by atoms with Gasteiger partial charge in [-0.3, -0.25) is 9.59 Å². The molecule has 1 unspecified atom stereocenters. The second-order valence-electron chi connectivity index (χ2n) is 6.81. The molecule has 4 heteroatoms. The summed E-state index contributed by atoms with van der Waals surface area (Å²) in [5, 5.41) is 9.53. The van der Waals surface area contributed by atoms with Crippen molar-refractivity contribution in [2.45, 2.75) is 71.8 Å². The Hall–Kier alpha value is -1.06. The first-order valence-electron chi connectivity index (χ1n) is 7.77. The van der Waals surface area contributed by atoms with E-state index in [0.29, 0.717) is 18.8 Å². The Morgan fingerprint density at radius 3 is 2.15 bits per heavy atom. The van der Waals surface area contributed by atoms with Gasteiger partial charge in [0, 0.05) is 19.5 Å². The Labute approximate surface area is 122 Å². The van der Waals surface area contributed by atoms with Gasteiger partial charge in [-0.1, -0.05) is 33.1 Å². The zero-order valence-electron chi connectivity index (χ0n) is 13.3. The summed E-state index contributed by atoms with van der Waals surface area (Å²) in [5.74, 6) is -0.290. The van der Waals surface area contributed by atoms with Crippen LogP contribution in [0.2, 0.25) is 0 Å². The number of carbonyl (C=O) groups is 2. The quantitative estimate of drug-likeness (QED) is 0.813. The summed E-state index contributed by atoms with van der Waals surface area (Å²) in [7, 11) is 1.80. The Balaban J connectivity index is 2.68. The van der Waals surface area contributed by atoms with Crippen LogP contribution in [-0.2, 0) is 9.59 Å². The molecule has 4 nitrogen and oxygen atoms in total.